The zero-order chi connectivity index (χ0) is 25.2. The van der Waals surface area contributed by atoms with Crippen LogP contribution in [0.15, 0.2) is 59.6 Å². The van der Waals surface area contributed by atoms with Crippen LogP contribution in [0.25, 0.3) is 11.6 Å². The lowest BCUT2D eigenvalue weighted by Gasteiger charge is -2.33. The average molecular weight is 480 g/mol. The van der Waals surface area contributed by atoms with Gasteiger partial charge in [0, 0.05) is 31.9 Å². The molecule has 4 atom stereocenters. The first-order chi connectivity index (χ1) is 16.5. The van der Waals surface area contributed by atoms with Gasteiger partial charge in [0.2, 0.25) is 0 Å². The maximum absolute atomic E-state index is 14.7. The zero-order valence-electron chi connectivity index (χ0n) is 20.7. The number of allylic oxidation sites excluding steroid dienone is 5. The lowest BCUT2D eigenvalue weighted by atomic mass is 9.73. The Balaban J connectivity index is 0.00000190. The lowest BCUT2D eigenvalue weighted by Crippen LogP contribution is -2.32. The molecule has 5 rings (SSSR count). The van der Waals surface area contributed by atoms with Gasteiger partial charge in [-0.1, -0.05) is 31.7 Å². The van der Waals surface area contributed by atoms with Gasteiger partial charge >= 0.3 is 0 Å². The summed E-state index contributed by atoms with van der Waals surface area (Å²) in [5.41, 5.74) is 5.13. The summed E-state index contributed by atoms with van der Waals surface area (Å²) < 4.78 is 29.2. The minimum absolute atomic E-state index is 0. The minimum atomic E-state index is -1.32. The molecule has 186 valence electrons. The number of hydrogen-bond donors (Lipinski definition) is 1. The molecule has 1 N–H and O–H groups in total. The Hall–Kier alpha value is -3.08. The fourth-order valence-electron chi connectivity index (χ4n) is 6.07. The molecule has 0 aliphatic heterocycles. The van der Waals surface area contributed by atoms with Gasteiger partial charge in [-0.2, -0.15) is 0 Å². The lowest BCUT2D eigenvalue weighted by molar-refractivity contribution is -0.124. The predicted octanol–water partition coefficient (Wildman–Crippen LogP) is 7.12. The first kappa shape index (κ1) is 23.7. The summed E-state index contributed by atoms with van der Waals surface area (Å²) in [5, 5.41) is 2.97. The van der Waals surface area contributed by atoms with E-state index in [0.29, 0.717) is 23.3 Å². The molecule has 0 bridgehead atoms. The van der Waals surface area contributed by atoms with Gasteiger partial charge in [-0.25, -0.2) is 8.78 Å². The number of hydrogen-bond acceptors (Lipinski definition) is 2. The number of benzene rings is 1. The van der Waals surface area contributed by atoms with E-state index in [2.05, 4.69) is 11.9 Å². The second kappa shape index (κ2) is 8.25. The number of halogens is 2. The summed E-state index contributed by atoms with van der Waals surface area (Å²) in [5.74, 6) is -1.48. The Labute approximate surface area is 208 Å². The van der Waals surface area contributed by atoms with Crippen LogP contribution in [-0.2, 0) is 15.0 Å². The van der Waals surface area contributed by atoms with E-state index in [-0.39, 0.29) is 44.2 Å². The summed E-state index contributed by atoms with van der Waals surface area (Å²) in [6, 6.07) is 4.03. The average Bonchev–Trinajstić information content (AvgIpc) is 3.50. The highest BCUT2D eigenvalue weighted by molar-refractivity contribution is 6.05. The van der Waals surface area contributed by atoms with Crippen molar-refractivity contribution in [2.24, 2.45) is 11.8 Å². The fourth-order valence-corrected chi connectivity index (χ4v) is 6.07. The third kappa shape index (κ3) is 3.67. The molecule has 3 unspecified atom stereocenters. The van der Waals surface area contributed by atoms with Crippen LogP contribution in [0.4, 0.5) is 8.78 Å². The van der Waals surface area contributed by atoms with E-state index in [1.165, 1.54) is 6.92 Å². The highest BCUT2D eigenvalue weighted by Crippen LogP contribution is 2.51. The molecule has 5 heteroatoms. The minimum Gasteiger partial charge on any atom is -0.321 e. The Kier molecular flexibility index (Phi) is 5.58. The molecule has 0 radical (unpaired) electrons. The quantitative estimate of drug-likeness (QED) is 0.500. The van der Waals surface area contributed by atoms with E-state index in [0.717, 1.165) is 28.7 Å². The van der Waals surface area contributed by atoms with Crippen LogP contribution >= 0.6 is 0 Å². The van der Waals surface area contributed by atoms with Crippen LogP contribution in [0.2, 0.25) is 0 Å². The maximum atomic E-state index is 14.7. The second-order valence-corrected chi connectivity index (χ2v) is 10.9. The molecule has 1 amide bonds. The first-order valence-corrected chi connectivity index (χ1v) is 12.3. The van der Waals surface area contributed by atoms with Gasteiger partial charge in [-0.15, -0.1) is 0 Å². The summed E-state index contributed by atoms with van der Waals surface area (Å²) in [6.45, 7) is 11.4. The number of Topliss-reactive ketones (excluding diaryl/α,β-unsaturated/α-hetero) is 1. The summed E-state index contributed by atoms with van der Waals surface area (Å²) >= 11 is 0. The highest BCUT2D eigenvalue weighted by atomic mass is 19.1. The third-order valence-electron chi connectivity index (χ3n) is 8.46. The molecular weight excluding hydrogens is 444 g/mol. The normalized spacial score (nSPS) is 28.7. The SMILES string of the molecule is C=C1C(NC(=O)C2=CCC=C2)=Cc2cc3c(cc21)C(C[C@@H]1CC(F)=C(C)C(F)C1C)C(=O)C3(C)C.[HH].[HH]. The van der Waals surface area contributed by atoms with Crippen molar-refractivity contribution in [1.82, 2.24) is 5.32 Å². The summed E-state index contributed by atoms with van der Waals surface area (Å²) in [4.78, 5) is 26.2. The maximum Gasteiger partial charge on any atom is 0.255 e. The molecule has 0 aromatic heterocycles. The number of rotatable bonds is 4. The molecule has 0 fully saturated rings. The molecule has 0 saturated carbocycles. The van der Waals surface area contributed by atoms with Crippen molar-refractivity contribution in [2.45, 2.75) is 64.5 Å². The smallest absolute Gasteiger partial charge is 0.255 e. The Morgan fingerprint density at radius 3 is 2.74 bits per heavy atom. The zero-order valence-corrected chi connectivity index (χ0v) is 20.7. The molecule has 0 saturated heterocycles. The van der Waals surface area contributed by atoms with Crippen molar-refractivity contribution in [1.29, 1.82) is 0 Å². The van der Waals surface area contributed by atoms with Gasteiger partial charge in [0.1, 0.15) is 17.8 Å². The first-order valence-electron chi connectivity index (χ1n) is 12.3. The van der Waals surface area contributed by atoms with Crippen molar-refractivity contribution in [3.05, 3.63) is 81.9 Å². The van der Waals surface area contributed by atoms with E-state index < -0.39 is 17.5 Å². The van der Waals surface area contributed by atoms with E-state index in [1.807, 2.05) is 57.2 Å². The third-order valence-corrected chi connectivity index (χ3v) is 8.46. The van der Waals surface area contributed by atoms with E-state index in [9.17, 15) is 18.4 Å². The van der Waals surface area contributed by atoms with E-state index in [4.69, 9.17) is 0 Å². The van der Waals surface area contributed by atoms with Crippen LogP contribution < -0.4 is 5.32 Å². The van der Waals surface area contributed by atoms with E-state index >= 15 is 0 Å². The van der Waals surface area contributed by atoms with Crippen molar-refractivity contribution >= 4 is 23.3 Å². The molecule has 1 aromatic rings. The van der Waals surface area contributed by atoms with Crippen LogP contribution in [0, 0.1) is 11.8 Å². The standard InChI is InChI=1S/C30H31F2NO2.2H2/c1-15-19(12-25(31)17(3)27(15)32)10-23-22-14-21-16(2)26(33-29(35)18-8-6-7-9-18)13-20(21)11-24(22)30(4,5)28(23)34;;/h6,8-9,11,13-15,19,23,27H,2,7,10,12H2,1,3-5H3,(H,33,35);2*1H/t15?,19-,23?,27?;;/m1../s1. The number of carbonyl (C=O) groups excluding carboxylic acids is 2. The predicted molar refractivity (Wildman–Crippen MR) is 139 cm³/mol. The largest absolute Gasteiger partial charge is 0.321 e. The molecule has 0 heterocycles. The van der Waals surface area contributed by atoms with E-state index in [1.54, 1.807) is 0 Å². The van der Waals surface area contributed by atoms with Crippen molar-refractivity contribution in [3.8, 4) is 0 Å². The molecule has 1 aromatic carbocycles. The Morgan fingerprint density at radius 2 is 2.06 bits per heavy atom. The second-order valence-electron chi connectivity index (χ2n) is 10.9. The van der Waals surface area contributed by atoms with Crippen LogP contribution in [0.3, 0.4) is 0 Å². The number of carbonyl (C=O) groups is 2. The fraction of sp³-hybridized carbons (Fsp3) is 0.400. The van der Waals surface area contributed by atoms with Gasteiger partial charge in [-0.3, -0.25) is 9.59 Å². The molecule has 0 spiro atoms. The number of fused-ring (bicyclic) bond motifs is 2. The van der Waals surface area contributed by atoms with Gasteiger partial charge in [0.05, 0.1) is 0 Å². The topological polar surface area (TPSA) is 46.2 Å². The Bertz CT molecular complexity index is 1300. The molecule has 4 aliphatic carbocycles. The van der Waals surface area contributed by atoms with Crippen molar-refractivity contribution < 1.29 is 21.2 Å². The Morgan fingerprint density at radius 1 is 1.31 bits per heavy atom. The van der Waals surface area contributed by atoms with Gasteiger partial charge in [0.25, 0.3) is 5.91 Å². The van der Waals surface area contributed by atoms with Gasteiger partial charge in [0.15, 0.2) is 0 Å². The van der Waals surface area contributed by atoms with Crippen LogP contribution in [-0.4, -0.2) is 17.9 Å². The van der Waals surface area contributed by atoms with Crippen molar-refractivity contribution in [2.75, 3.05) is 0 Å². The van der Waals surface area contributed by atoms with Gasteiger partial charge in [-0.05, 0) is 97.1 Å². The highest BCUT2D eigenvalue weighted by Gasteiger charge is 2.48. The molecule has 4 aliphatic rings. The number of nitrogens with one attached hydrogen (secondary N) is 1. The summed E-state index contributed by atoms with van der Waals surface area (Å²) in [6.07, 6.45) is 7.55. The van der Waals surface area contributed by atoms with Crippen LogP contribution in [0.5, 0.6) is 0 Å². The van der Waals surface area contributed by atoms with Gasteiger partial charge < -0.3 is 5.32 Å². The number of ketones is 1. The molecule has 3 nitrogen and oxygen atoms in total. The summed E-state index contributed by atoms with van der Waals surface area (Å²) in [7, 11) is 0. The monoisotopic (exact) mass is 479 g/mol. The molecule has 35 heavy (non-hydrogen) atoms. The van der Waals surface area contributed by atoms with Crippen LogP contribution in [0.1, 0.15) is 78.0 Å². The molecular formula is C30H35F2NO2. The van der Waals surface area contributed by atoms with Crippen molar-refractivity contribution in [3.63, 3.8) is 0 Å². The number of alkyl halides is 1. The number of amides is 1.